The normalized spacial score (nSPS) is 25.5. The number of H-pyrrole nitrogens is 1. The smallest absolute Gasteiger partial charge is 0.459 e. The Morgan fingerprint density at radius 3 is 2.61 bits per heavy atom. The second-order valence-corrected chi connectivity index (χ2v) is 12.4. The lowest BCUT2D eigenvalue weighted by Gasteiger charge is -2.27. The van der Waals surface area contributed by atoms with E-state index in [1.54, 1.807) is 32.9 Å². The van der Waals surface area contributed by atoms with Gasteiger partial charge in [-0.3, -0.25) is 23.7 Å². The van der Waals surface area contributed by atoms with E-state index >= 15 is 0 Å². The molecule has 3 rings (SSSR count). The van der Waals surface area contributed by atoms with Crippen LogP contribution in [0.15, 0.2) is 46.1 Å². The number of alkyl halides is 1. The highest BCUT2D eigenvalue weighted by molar-refractivity contribution is 9.10. The van der Waals surface area contributed by atoms with Gasteiger partial charge in [0.2, 0.25) is 0 Å². The summed E-state index contributed by atoms with van der Waals surface area (Å²) in [5.41, 5.74) is -1.33. The number of ether oxygens (including phenoxy) is 3. The summed E-state index contributed by atoms with van der Waals surface area (Å²) in [6.07, 6.45) is -2.56. The first-order valence-corrected chi connectivity index (χ1v) is 14.0. The zero-order valence-corrected chi connectivity index (χ0v) is 23.9. The SMILES string of the molecule is COc1cccc(O[P@@](=O)(N[C@@H](C)C(=O)OC(C)C)OC[C@H]2O[C@@H](n3ccc(=O)[nH]c3=O)[C@](C)(Br)[C@@H]2O)c1. The Hall–Kier alpha value is -2.48. The Balaban J connectivity index is 1.83. The number of carbonyl (C=O) groups is 1. The van der Waals surface area contributed by atoms with Crippen molar-refractivity contribution in [3.05, 3.63) is 57.4 Å². The number of carbonyl (C=O) groups excluding carboxylic acids is 1. The van der Waals surface area contributed by atoms with Gasteiger partial charge in [-0.05, 0) is 39.8 Å². The van der Waals surface area contributed by atoms with E-state index in [0.717, 1.165) is 10.6 Å². The molecule has 38 heavy (non-hydrogen) atoms. The van der Waals surface area contributed by atoms with Crippen molar-refractivity contribution in [3.8, 4) is 11.5 Å². The number of nitrogens with zero attached hydrogens (tertiary/aromatic N) is 1. The average Bonchev–Trinajstić information content (AvgIpc) is 3.06. The molecule has 2 heterocycles. The van der Waals surface area contributed by atoms with Gasteiger partial charge in [0, 0.05) is 18.3 Å². The first kappa shape index (κ1) is 30.1. The summed E-state index contributed by atoms with van der Waals surface area (Å²) in [5.74, 6) is -0.124. The quantitative estimate of drug-likeness (QED) is 0.191. The summed E-state index contributed by atoms with van der Waals surface area (Å²) in [4.78, 5) is 38.3. The Morgan fingerprint density at radius 2 is 1.97 bits per heavy atom. The van der Waals surface area contributed by atoms with Crippen molar-refractivity contribution in [1.29, 1.82) is 0 Å². The van der Waals surface area contributed by atoms with Gasteiger partial charge in [-0.1, -0.05) is 22.0 Å². The van der Waals surface area contributed by atoms with Crippen LogP contribution in [0, 0.1) is 0 Å². The molecule has 0 bridgehead atoms. The Kier molecular flexibility index (Phi) is 9.61. The molecule has 2 aromatic rings. The Labute approximate surface area is 227 Å². The minimum absolute atomic E-state index is 0.125. The van der Waals surface area contributed by atoms with Crippen molar-refractivity contribution in [3.63, 3.8) is 0 Å². The largest absolute Gasteiger partial charge is 0.497 e. The molecule has 0 amide bonds. The van der Waals surface area contributed by atoms with E-state index in [1.165, 1.54) is 32.4 Å². The number of benzene rings is 1. The molecule has 1 fully saturated rings. The molecular formula is C23H31BrN3O10P. The number of halogens is 1. The van der Waals surface area contributed by atoms with Crippen LogP contribution in [0.3, 0.4) is 0 Å². The number of hydrogen-bond acceptors (Lipinski definition) is 10. The maximum absolute atomic E-state index is 13.8. The standard InChI is InChI=1S/C23H31BrN3O10P/c1-13(2)35-20(30)14(3)26-38(32,37-16-8-6-7-15(11-16)33-5)34-12-17-19(29)23(4,24)21(36-17)27-10-9-18(28)25-22(27)31/h6-11,13-14,17,19,21,29H,12H2,1-5H3,(H,26,32)(H,25,28,31)/t14-,17+,19+,21+,23+,38+/m0/s1. The topological polar surface area (TPSA) is 167 Å². The van der Waals surface area contributed by atoms with Crippen LogP contribution in [0.1, 0.15) is 33.9 Å². The molecule has 0 aliphatic carbocycles. The lowest BCUT2D eigenvalue weighted by Crippen LogP contribution is -2.42. The second kappa shape index (κ2) is 12.1. The van der Waals surface area contributed by atoms with Crippen molar-refractivity contribution >= 4 is 29.6 Å². The van der Waals surface area contributed by atoms with Gasteiger partial charge in [-0.25, -0.2) is 9.36 Å². The highest BCUT2D eigenvalue weighted by atomic mass is 79.9. The predicted molar refractivity (Wildman–Crippen MR) is 140 cm³/mol. The van der Waals surface area contributed by atoms with Gasteiger partial charge in [-0.2, -0.15) is 5.09 Å². The highest BCUT2D eigenvalue weighted by Gasteiger charge is 2.53. The summed E-state index contributed by atoms with van der Waals surface area (Å²) in [6, 6.07) is 6.32. The number of nitrogens with one attached hydrogen (secondary N) is 2. The van der Waals surface area contributed by atoms with E-state index < -0.39 is 66.5 Å². The molecule has 1 aromatic carbocycles. The van der Waals surface area contributed by atoms with Gasteiger partial charge in [0.05, 0.1) is 24.1 Å². The fourth-order valence-corrected chi connectivity index (χ4v) is 5.76. The molecule has 13 nitrogen and oxygen atoms in total. The molecule has 1 aliphatic heterocycles. The molecule has 210 valence electrons. The number of rotatable bonds is 11. The maximum atomic E-state index is 13.8. The lowest BCUT2D eigenvalue weighted by atomic mass is 10.0. The summed E-state index contributed by atoms with van der Waals surface area (Å²) in [7, 11) is -2.83. The molecule has 15 heteroatoms. The van der Waals surface area contributed by atoms with Crippen molar-refractivity contribution in [2.24, 2.45) is 0 Å². The number of aliphatic hydroxyl groups is 1. The van der Waals surface area contributed by atoms with Crippen molar-refractivity contribution in [2.75, 3.05) is 13.7 Å². The fraction of sp³-hybridized carbons (Fsp3) is 0.522. The van der Waals surface area contributed by atoms with Crippen molar-refractivity contribution in [2.45, 2.75) is 62.6 Å². The Bertz CT molecular complexity index is 1300. The lowest BCUT2D eigenvalue weighted by molar-refractivity contribution is -0.149. The minimum atomic E-state index is -4.28. The average molecular weight is 620 g/mol. The molecule has 6 atom stereocenters. The van der Waals surface area contributed by atoms with E-state index in [0.29, 0.717) is 5.75 Å². The number of aliphatic hydroxyl groups excluding tert-OH is 1. The third kappa shape index (κ3) is 7.13. The van der Waals surface area contributed by atoms with Gasteiger partial charge >= 0.3 is 19.4 Å². The minimum Gasteiger partial charge on any atom is -0.497 e. The van der Waals surface area contributed by atoms with Gasteiger partial charge in [-0.15, -0.1) is 0 Å². The van der Waals surface area contributed by atoms with Crippen LogP contribution >= 0.6 is 23.7 Å². The molecule has 0 saturated carbocycles. The van der Waals surface area contributed by atoms with E-state index in [4.69, 9.17) is 23.3 Å². The molecule has 1 aromatic heterocycles. The van der Waals surface area contributed by atoms with E-state index in [-0.39, 0.29) is 5.75 Å². The molecule has 0 unspecified atom stereocenters. The molecule has 1 saturated heterocycles. The van der Waals surface area contributed by atoms with Crippen LogP contribution in [-0.2, 0) is 23.4 Å². The van der Waals surface area contributed by atoms with E-state index in [9.17, 15) is 24.1 Å². The predicted octanol–water partition coefficient (Wildman–Crippen LogP) is 2.09. The number of aromatic nitrogens is 2. The van der Waals surface area contributed by atoms with Crippen LogP contribution < -0.4 is 25.6 Å². The number of aromatic amines is 1. The molecule has 0 radical (unpaired) electrons. The number of methoxy groups -OCH3 is 1. The van der Waals surface area contributed by atoms with Gasteiger partial charge in [0.1, 0.15) is 29.7 Å². The van der Waals surface area contributed by atoms with Crippen molar-refractivity contribution in [1.82, 2.24) is 14.6 Å². The Morgan fingerprint density at radius 1 is 1.29 bits per heavy atom. The maximum Gasteiger partial charge on any atom is 0.459 e. The van der Waals surface area contributed by atoms with Crippen molar-refractivity contribution < 1.29 is 37.7 Å². The van der Waals surface area contributed by atoms with Gasteiger partial charge in [0.25, 0.3) is 5.56 Å². The summed E-state index contributed by atoms with van der Waals surface area (Å²) >= 11 is 3.40. The molecule has 0 spiro atoms. The van der Waals surface area contributed by atoms with E-state index in [1.807, 2.05) is 0 Å². The monoisotopic (exact) mass is 619 g/mol. The van der Waals surface area contributed by atoms with Crippen LogP contribution in [0.5, 0.6) is 11.5 Å². The summed E-state index contributed by atoms with van der Waals surface area (Å²) < 4.78 is 41.2. The van der Waals surface area contributed by atoms with Gasteiger partial charge < -0.3 is 23.8 Å². The highest BCUT2D eigenvalue weighted by Crippen LogP contribution is 2.48. The van der Waals surface area contributed by atoms with Crippen LogP contribution in [-0.4, -0.2) is 63.0 Å². The first-order valence-electron chi connectivity index (χ1n) is 11.7. The molecule has 3 N–H and O–H groups in total. The number of hydrogen-bond donors (Lipinski definition) is 3. The van der Waals surface area contributed by atoms with Crippen LogP contribution in [0.2, 0.25) is 0 Å². The fourth-order valence-electron chi connectivity index (χ4n) is 3.65. The van der Waals surface area contributed by atoms with Gasteiger partial charge in [0.15, 0.2) is 6.23 Å². The van der Waals surface area contributed by atoms with Crippen LogP contribution in [0.4, 0.5) is 0 Å². The van der Waals surface area contributed by atoms with Crippen LogP contribution in [0.25, 0.3) is 0 Å². The second-order valence-electron chi connectivity index (χ2n) is 9.04. The van der Waals surface area contributed by atoms with E-state index in [2.05, 4.69) is 26.0 Å². The third-order valence-corrected chi connectivity index (χ3v) is 8.06. The zero-order chi connectivity index (χ0) is 28.3. The summed E-state index contributed by atoms with van der Waals surface area (Å²) in [5, 5.41) is 13.5. The molecular weight excluding hydrogens is 589 g/mol. The zero-order valence-electron chi connectivity index (χ0n) is 21.5. The number of esters is 1. The summed E-state index contributed by atoms with van der Waals surface area (Å²) in [6.45, 7) is 5.91. The first-order chi connectivity index (χ1) is 17.8. The molecule has 1 aliphatic rings. The third-order valence-electron chi connectivity index (χ3n) is 5.55.